The van der Waals surface area contributed by atoms with E-state index in [-0.39, 0.29) is 6.61 Å². The highest BCUT2D eigenvalue weighted by Gasteiger charge is 2.15. The van der Waals surface area contributed by atoms with Crippen molar-refractivity contribution in [1.82, 2.24) is 0 Å². The first kappa shape index (κ1) is 11.0. The van der Waals surface area contributed by atoms with Gasteiger partial charge >= 0.3 is 11.9 Å². The molecule has 0 aromatic heterocycles. The Kier molecular flexibility index (Phi) is 5.12. The molecule has 0 aromatic rings. The first-order chi connectivity index (χ1) is 5.57. The summed E-state index contributed by atoms with van der Waals surface area (Å²) in [6, 6.07) is 0. The van der Waals surface area contributed by atoms with Gasteiger partial charge in [0.05, 0.1) is 0 Å². The lowest BCUT2D eigenvalue weighted by Crippen LogP contribution is -2.17. The summed E-state index contributed by atoms with van der Waals surface area (Å²) in [5.74, 6) is -2.30. The van der Waals surface area contributed by atoms with E-state index in [4.69, 9.17) is 0 Å². The number of carbonyl (C=O) groups excluding carboxylic acids is 2. The summed E-state index contributed by atoms with van der Waals surface area (Å²) >= 11 is 4.62. The van der Waals surface area contributed by atoms with Crippen molar-refractivity contribution in [2.75, 3.05) is 6.61 Å². The third-order valence-corrected chi connectivity index (χ3v) is 1.08. The lowest BCUT2D eigenvalue weighted by molar-refractivity contribution is -0.161. The average molecular weight is 193 g/mol. The van der Waals surface area contributed by atoms with Gasteiger partial charge in [-0.3, -0.25) is 0 Å². The summed E-state index contributed by atoms with van der Waals surface area (Å²) < 4.78 is 8.04. The topological polar surface area (TPSA) is 52.6 Å². The van der Waals surface area contributed by atoms with E-state index >= 15 is 0 Å². The Morgan fingerprint density at radius 3 is 2.33 bits per heavy atom. The Balaban J connectivity index is 3.73. The van der Waals surface area contributed by atoms with Gasteiger partial charge in [0, 0.05) is 0 Å². The van der Waals surface area contributed by atoms with Gasteiger partial charge < -0.3 is 9.03 Å². The normalized spacial score (nSPS) is 8.58. The standard InChI is InChI=1S/C7H9ClO4/c1-5(2)3-4-11-6(9)7(10)12-8/h3H,4H2,1-2H3. The zero-order chi connectivity index (χ0) is 9.56. The molecule has 0 aliphatic carbocycles. The maximum absolute atomic E-state index is 10.5. The number of esters is 1. The molecule has 4 nitrogen and oxygen atoms in total. The maximum atomic E-state index is 10.5. The summed E-state index contributed by atoms with van der Waals surface area (Å²) in [7, 11) is 0. The molecule has 0 aromatic carbocycles. The highest BCUT2D eigenvalue weighted by Crippen LogP contribution is 1.91. The number of hydrogen-bond acceptors (Lipinski definition) is 4. The fourth-order valence-corrected chi connectivity index (χ4v) is 0.437. The lowest BCUT2D eigenvalue weighted by atomic mass is 10.3. The van der Waals surface area contributed by atoms with Crippen molar-refractivity contribution >= 4 is 23.8 Å². The van der Waals surface area contributed by atoms with E-state index in [2.05, 4.69) is 20.9 Å². The first-order valence-corrected chi connectivity index (χ1v) is 3.52. The van der Waals surface area contributed by atoms with Crippen LogP contribution in [0.3, 0.4) is 0 Å². The van der Waals surface area contributed by atoms with Gasteiger partial charge in [0.25, 0.3) is 0 Å². The van der Waals surface area contributed by atoms with Crippen LogP contribution >= 0.6 is 11.9 Å². The Labute approximate surface area is 75.3 Å². The minimum absolute atomic E-state index is 0.0488. The number of ether oxygens (including phenoxy) is 1. The molecule has 0 unspecified atom stereocenters. The molecular weight excluding hydrogens is 184 g/mol. The van der Waals surface area contributed by atoms with Gasteiger partial charge in [-0.05, 0) is 19.9 Å². The van der Waals surface area contributed by atoms with Crippen LogP contribution in [0.4, 0.5) is 0 Å². The van der Waals surface area contributed by atoms with E-state index < -0.39 is 11.9 Å². The molecule has 0 fully saturated rings. The van der Waals surface area contributed by atoms with Crippen LogP contribution in [0.15, 0.2) is 11.6 Å². The number of halogens is 1. The molecule has 0 saturated heterocycles. The van der Waals surface area contributed by atoms with Gasteiger partial charge in [-0.1, -0.05) is 5.57 Å². The average Bonchev–Trinajstić information content (AvgIpc) is 2.02. The Bertz CT molecular complexity index is 205. The van der Waals surface area contributed by atoms with Crippen molar-refractivity contribution in [1.29, 1.82) is 0 Å². The molecular formula is C7H9ClO4. The van der Waals surface area contributed by atoms with Crippen molar-refractivity contribution in [3.63, 3.8) is 0 Å². The minimum Gasteiger partial charge on any atom is -0.453 e. The van der Waals surface area contributed by atoms with Gasteiger partial charge in [0.1, 0.15) is 18.5 Å². The largest absolute Gasteiger partial charge is 0.453 e. The smallest absolute Gasteiger partial charge is 0.435 e. The van der Waals surface area contributed by atoms with Crippen molar-refractivity contribution in [3.05, 3.63) is 11.6 Å². The van der Waals surface area contributed by atoms with E-state index in [1.54, 1.807) is 6.08 Å². The molecule has 0 bridgehead atoms. The lowest BCUT2D eigenvalue weighted by Gasteiger charge is -1.97. The quantitative estimate of drug-likeness (QED) is 0.375. The molecule has 0 spiro atoms. The van der Waals surface area contributed by atoms with Crippen LogP contribution < -0.4 is 0 Å². The first-order valence-electron chi connectivity index (χ1n) is 3.21. The summed E-state index contributed by atoms with van der Waals surface area (Å²) in [6.45, 7) is 3.73. The fourth-order valence-electron chi connectivity index (χ4n) is 0.374. The molecule has 68 valence electrons. The second-order valence-corrected chi connectivity index (χ2v) is 2.40. The van der Waals surface area contributed by atoms with E-state index in [0.29, 0.717) is 0 Å². The molecule has 12 heavy (non-hydrogen) atoms. The molecule has 0 aliphatic heterocycles. The Morgan fingerprint density at radius 2 is 1.92 bits per heavy atom. The number of hydrogen-bond donors (Lipinski definition) is 0. The highest BCUT2D eigenvalue weighted by atomic mass is 35.5. The molecule has 0 rings (SSSR count). The molecule has 0 amide bonds. The molecule has 0 heterocycles. The van der Waals surface area contributed by atoms with Crippen LogP contribution in [-0.2, 0) is 18.6 Å². The van der Waals surface area contributed by atoms with Crippen LogP contribution in [-0.4, -0.2) is 18.5 Å². The predicted molar refractivity (Wildman–Crippen MR) is 42.3 cm³/mol. The number of rotatable bonds is 2. The third kappa shape index (κ3) is 4.73. The zero-order valence-electron chi connectivity index (χ0n) is 6.80. The summed E-state index contributed by atoms with van der Waals surface area (Å²) in [5.41, 5.74) is 0.988. The summed E-state index contributed by atoms with van der Waals surface area (Å²) in [6.07, 6.45) is 1.65. The highest BCUT2D eigenvalue weighted by molar-refractivity contribution is 6.35. The predicted octanol–water partition coefficient (Wildman–Crippen LogP) is 1.19. The maximum Gasteiger partial charge on any atom is 0.435 e. The molecule has 0 radical (unpaired) electrons. The number of carbonyl (C=O) groups is 2. The second kappa shape index (κ2) is 5.60. The molecule has 0 aliphatic rings. The van der Waals surface area contributed by atoms with Crippen molar-refractivity contribution < 1.29 is 18.6 Å². The molecule has 5 heteroatoms. The van der Waals surface area contributed by atoms with Crippen molar-refractivity contribution in [2.45, 2.75) is 13.8 Å². The van der Waals surface area contributed by atoms with E-state index in [1.807, 2.05) is 13.8 Å². The van der Waals surface area contributed by atoms with E-state index in [0.717, 1.165) is 5.57 Å². The van der Waals surface area contributed by atoms with E-state index in [9.17, 15) is 9.59 Å². The molecule has 0 saturated carbocycles. The van der Waals surface area contributed by atoms with Gasteiger partial charge in [-0.25, -0.2) is 9.59 Å². The summed E-state index contributed by atoms with van der Waals surface area (Å²) in [4.78, 5) is 20.9. The van der Waals surface area contributed by atoms with Crippen LogP contribution in [0.5, 0.6) is 0 Å². The second-order valence-electron chi connectivity index (χ2n) is 2.24. The van der Waals surface area contributed by atoms with Gasteiger partial charge in [0.15, 0.2) is 0 Å². The van der Waals surface area contributed by atoms with Crippen molar-refractivity contribution in [3.8, 4) is 0 Å². The number of allylic oxidation sites excluding steroid dienone is 1. The monoisotopic (exact) mass is 192 g/mol. The molecule has 0 N–H and O–H groups in total. The van der Waals surface area contributed by atoms with Crippen LogP contribution in [0.1, 0.15) is 13.8 Å². The summed E-state index contributed by atoms with van der Waals surface area (Å²) in [5, 5.41) is 0. The SMILES string of the molecule is CC(C)=CCOC(=O)C(=O)OCl. The van der Waals surface area contributed by atoms with E-state index in [1.165, 1.54) is 0 Å². The van der Waals surface area contributed by atoms with Crippen LogP contribution in [0.2, 0.25) is 0 Å². The Hall–Kier alpha value is -1.03. The molecule has 0 atom stereocenters. The van der Waals surface area contributed by atoms with Crippen LogP contribution in [0.25, 0.3) is 0 Å². The minimum atomic E-state index is -1.21. The van der Waals surface area contributed by atoms with Gasteiger partial charge in [-0.15, -0.1) is 0 Å². The third-order valence-electron chi connectivity index (χ3n) is 0.943. The Morgan fingerprint density at radius 1 is 1.33 bits per heavy atom. The van der Waals surface area contributed by atoms with Crippen molar-refractivity contribution in [2.24, 2.45) is 0 Å². The van der Waals surface area contributed by atoms with Gasteiger partial charge in [0.2, 0.25) is 0 Å². The fraction of sp³-hybridized carbons (Fsp3) is 0.429. The van der Waals surface area contributed by atoms with Crippen LogP contribution in [0, 0.1) is 0 Å². The zero-order valence-corrected chi connectivity index (χ0v) is 7.55. The van der Waals surface area contributed by atoms with Gasteiger partial charge in [-0.2, -0.15) is 0 Å².